The highest BCUT2D eigenvalue weighted by Gasteiger charge is 2.17. The highest BCUT2D eigenvalue weighted by atomic mass is 16.3. The van der Waals surface area contributed by atoms with E-state index in [2.05, 4.69) is 92.1 Å². The number of rotatable bonds is 43. The second-order valence-electron chi connectivity index (χ2n) is 16.1. The summed E-state index contributed by atoms with van der Waals surface area (Å²) in [6.45, 7) is 4.18. The first-order chi connectivity index (χ1) is 28.2. The van der Waals surface area contributed by atoms with E-state index in [1.54, 1.807) is 6.08 Å². The number of allylic oxidation sites excluding steroid dienone is 13. The minimum atomic E-state index is -0.866. The van der Waals surface area contributed by atoms with Crippen molar-refractivity contribution in [3.63, 3.8) is 0 Å². The van der Waals surface area contributed by atoms with Gasteiger partial charge in [-0.05, 0) is 77.0 Å². The zero-order valence-corrected chi connectivity index (χ0v) is 37.6. The third kappa shape index (κ3) is 44.5. The van der Waals surface area contributed by atoms with Crippen molar-refractivity contribution in [2.45, 2.75) is 238 Å². The predicted octanol–water partition coefficient (Wildman–Crippen LogP) is 15.6. The lowest BCUT2D eigenvalue weighted by Gasteiger charge is -2.19. The maximum Gasteiger partial charge on any atom is 0.220 e. The third-order valence-corrected chi connectivity index (χ3v) is 10.6. The summed E-state index contributed by atoms with van der Waals surface area (Å²) in [5.74, 6) is -0.0782. The Bertz CT molecular complexity index is 1030. The molecule has 0 aliphatic heterocycles. The molecule has 0 rings (SSSR count). The molecule has 0 heterocycles. The summed E-state index contributed by atoms with van der Waals surface area (Å²) in [6.07, 6.45) is 69.9. The molecule has 4 nitrogen and oxygen atoms in total. The van der Waals surface area contributed by atoms with Gasteiger partial charge in [-0.25, -0.2) is 0 Å². The van der Waals surface area contributed by atoms with Crippen LogP contribution in [0, 0.1) is 0 Å². The van der Waals surface area contributed by atoms with E-state index in [0.29, 0.717) is 6.42 Å². The van der Waals surface area contributed by atoms with Crippen molar-refractivity contribution in [1.29, 1.82) is 0 Å². The molecule has 57 heavy (non-hydrogen) atoms. The maximum absolute atomic E-state index is 12.4. The normalized spacial score (nSPS) is 13.7. The maximum atomic E-state index is 12.4. The summed E-state index contributed by atoms with van der Waals surface area (Å²) >= 11 is 0. The molecular weight excluding hydrogens is 699 g/mol. The second kappa shape index (κ2) is 47.9. The highest BCUT2D eigenvalue weighted by Crippen LogP contribution is 2.15. The predicted molar refractivity (Wildman–Crippen MR) is 253 cm³/mol. The zero-order valence-electron chi connectivity index (χ0n) is 37.6. The number of amides is 1. The Morgan fingerprint density at radius 2 is 0.789 bits per heavy atom. The molecule has 3 N–H and O–H groups in total. The van der Waals surface area contributed by atoms with Gasteiger partial charge in [0.25, 0.3) is 0 Å². The second-order valence-corrected chi connectivity index (χ2v) is 16.1. The number of aliphatic hydroxyl groups excluding tert-OH is 2. The van der Waals surface area contributed by atoms with Gasteiger partial charge in [-0.15, -0.1) is 0 Å². The fraction of sp³-hybridized carbons (Fsp3) is 0.717. The van der Waals surface area contributed by atoms with Crippen molar-refractivity contribution in [1.82, 2.24) is 5.32 Å². The molecule has 0 aromatic carbocycles. The van der Waals surface area contributed by atoms with Gasteiger partial charge in [0.2, 0.25) is 5.91 Å². The Morgan fingerprint density at radius 3 is 1.23 bits per heavy atom. The first kappa shape index (κ1) is 54.6. The van der Waals surface area contributed by atoms with Crippen LogP contribution in [-0.2, 0) is 4.79 Å². The Morgan fingerprint density at radius 1 is 0.439 bits per heavy atom. The lowest BCUT2D eigenvalue weighted by molar-refractivity contribution is -0.123. The van der Waals surface area contributed by atoms with Crippen LogP contribution < -0.4 is 5.32 Å². The Balaban J connectivity index is 3.58. The van der Waals surface area contributed by atoms with E-state index in [9.17, 15) is 15.0 Å². The van der Waals surface area contributed by atoms with Crippen LogP contribution in [0.4, 0.5) is 0 Å². The Labute approximate surface area is 354 Å². The summed E-state index contributed by atoms with van der Waals surface area (Å²) in [5, 5.41) is 23.0. The molecule has 0 bridgehead atoms. The average Bonchev–Trinajstić information content (AvgIpc) is 3.22. The van der Waals surface area contributed by atoms with Gasteiger partial charge in [0.15, 0.2) is 0 Å². The van der Waals surface area contributed by atoms with Gasteiger partial charge in [0.05, 0.1) is 18.8 Å². The number of aliphatic hydroxyl groups is 2. The molecule has 0 spiro atoms. The number of unbranched alkanes of at least 4 members (excludes halogenated alkanes) is 24. The summed E-state index contributed by atoms with van der Waals surface area (Å²) in [7, 11) is 0. The quantitative estimate of drug-likeness (QED) is 0.0425. The van der Waals surface area contributed by atoms with Crippen LogP contribution >= 0.6 is 0 Å². The van der Waals surface area contributed by atoms with E-state index in [1.807, 2.05) is 6.08 Å². The number of hydrogen-bond donors (Lipinski definition) is 3. The molecule has 2 atom stereocenters. The largest absolute Gasteiger partial charge is 0.394 e. The van der Waals surface area contributed by atoms with Crippen molar-refractivity contribution >= 4 is 5.91 Å². The molecule has 0 fully saturated rings. The molecule has 328 valence electrons. The van der Waals surface area contributed by atoms with E-state index in [-0.39, 0.29) is 12.5 Å². The smallest absolute Gasteiger partial charge is 0.220 e. The number of nitrogens with one attached hydrogen (secondary N) is 1. The van der Waals surface area contributed by atoms with Crippen molar-refractivity contribution in [3.05, 3.63) is 85.1 Å². The molecule has 0 aliphatic carbocycles. The summed E-state index contributed by atoms with van der Waals surface area (Å²) in [4.78, 5) is 12.4. The Hall–Kier alpha value is -2.43. The monoisotopic (exact) mass is 792 g/mol. The van der Waals surface area contributed by atoms with Crippen molar-refractivity contribution < 1.29 is 15.0 Å². The van der Waals surface area contributed by atoms with Crippen LogP contribution in [0.15, 0.2) is 85.1 Å². The van der Waals surface area contributed by atoms with Gasteiger partial charge in [-0.1, -0.05) is 227 Å². The first-order valence-electron chi connectivity index (χ1n) is 24.3. The minimum absolute atomic E-state index is 0.0782. The van der Waals surface area contributed by atoms with Crippen LogP contribution in [-0.4, -0.2) is 34.9 Å². The van der Waals surface area contributed by atoms with Gasteiger partial charge >= 0.3 is 0 Å². The topological polar surface area (TPSA) is 69.6 Å². The number of hydrogen-bond acceptors (Lipinski definition) is 3. The fourth-order valence-electron chi connectivity index (χ4n) is 6.93. The number of carbonyl (C=O) groups is 1. The van der Waals surface area contributed by atoms with Gasteiger partial charge < -0.3 is 15.5 Å². The van der Waals surface area contributed by atoms with Crippen molar-refractivity contribution in [2.24, 2.45) is 0 Å². The molecule has 1 amide bonds. The molecule has 2 unspecified atom stereocenters. The van der Waals surface area contributed by atoms with E-state index >= 15 is 0 Å². The van der Waals surface area contributed by atoms with Gasteiger partial charge in [-0.2, -0.15) is 0 Å². The van der Waals surface area contributed by atoms with Crippen molar-refractivity contribution in [3.8, 4) is 0 Å². The molecule has 4 heteroatoms. The van der Waals surface area contributed by atoms with Gasteiger partial charge in [0.1, 0.15) is 0 Å². The highest BCUT2D eigenvalue weighted by molar-refractivity contribution is 5.76. The van der Waals surface area contributed by atoms with E-state index in [4.69, 9.17) is 0 Å². The molecular formula is C53H93NO3. The number of carbonyl (C=O) groups excluding carboxylic acids is 1. The summed E-state index contributed by atoms with van der Waals surface area (Å²) < 4.78 is 0. The van der Waals surface area contributed by atoms with Crippen LogP contribution in [0.2, 0.25) is 0 Å². The average molecular weight is 792 g/mol. The minimum Gasteiger partial charge on any atom is -0.394 e. The lowest BCUT2D eigenvalue weighted by Crippen LogP contribution is -2.45. The molecule has 0 radical (unpaired) electrons. The third-order valence-electron chi connectivity index (χ3n) is 10.6. The Kier molecular flexibility index (Phi) is 45.9. The van der Waals surface area contributed by atoms with Crippen LogP contribution in [0.3, 0.4) is 0 Å². The van der Waals surface area contributed by atoms with E-state index < -0.39 is 12.1 Å². The molecule has 0 aliphatic rings. The fourth-order valence-corrected chi connectivity index (χ4v) is 6.93. The van der Waals surface area contributed by atoms with Gasteiger partial charge in [0, 0.05) is 6.42 Å². The summed E-state index contributed by atoms with van der Waals surface area (Å²) in [6, 6.07) is -0.643. The standard InChI is InChI=1S/C53H93NO3/c1-3-5-7-9-11-13-15-17-19-21-22-23-24-25-26-27-28-29-30-31-32-33-35-37-39-41-43-45-47-49-53(57)54-51(50-55)52(56)48-46-44-42-40-38-36-34-20-18-16-14-12-10-8-6-4-2/h5,7,11,13,17,19,22-23,25-26,38,40,46,48,51-52,55-56H,3-4,6,8-10,12,14-16,18,20-21,24,27-37,39,41-45,47,49-50H2,1-2H3,(H,54,57)/b7-5-,13-11-,19-17-,23-22-,26-25-,40-38+,48-46+. The molecule has 0 aromatic rings. The molecule has 0 saturated heterocycles. The van der Waals surface area contributed by atoms with E-state index in [1.165, 1.54) is 141 Å². The molecule has 0 aromatic heterocycles. The SMILES string of the molecule is CC/C=C\C/C=C\C/C=C\C/C=C\C/C=C\CCCCCCCCCCCCCCCC(=O)NC(CO)C(O)/C=C/CC/C=C/CCCCCCCCCCCC. The lowest BCUT2D eigenvalue weighted by atomic mass is 10.0. The molecule has 0 saturated carbocycles. The summed E-state index contributed by atoms with van der Waals surface area (Å²) in [5.41, 5.74) is 0. The van der Waals surface area contributed by atoms with Crippen molar-refractivity contribution in [2.75, 3.05) is 6.61 Å². The zero-order chi connectivity index (χ0) is 41.4. The van der Waals surface area contributed by atoms with Crippen LogP contribution in [0.5, 0.6) is 0 Å². The van der Waals surface area contributed by atoms with Gasteiger partial charge in [-0.3, -0.25) is 4.79 Å². The van der Waals surface area contributed by atoms with Crippen LogP contribution in [0.1, 0.15) is 226 Å². The van der Waals surface area contributed by atoms with E-state index in [0.717, 1.165) is 64.2 Å². The van der Waals surface area contributed by atoms with Crippen LogP contribution in [0.25, 0.3) is 0 Å². The first-order valence-corrected chi connectivity index (χ1v) is 24.3.